The van der Waals surface area contributed by atoms with Crippen LogP contribution in [-0.4, -0.2) is 16.9 Å². The van der Waals surface area contributed by atoms with Crippen LogP contribution in [0, 0.1) is 17.0 Å². The molecule has 1 aliphatic heterocycles. The van der Waals surface area contributed by atoms with E-state index in [0.717, 1.165) is 5.56 Å². The molecule has 2 unspecified atom stereocenters. The lowest BCUT2D eigenvalue weighted by atomic mass is 9.85. The minimum absolute atomic E-state index is 0.139. The van der Waals surface area contributed by atoms with E-state index in [4.69, 9.17) is 13.6 Å². The number of hydrogen-bond acceptors (Lipinski definition) is 6. The molecule has 0 saturated carbocycles. The van der Waals surface area contributed by atoms with Crippen LogP contribution in [0.4, 0.5) is 0 Å². The average molecular weight is 417 g/mol. The monoisotopic (exact) mass is 417 g/mol. The first-order valence-electron chi connectivity index (χ1n) is 9.62. The van der Waals surface area contributed by atoms with Gasteiger partial charge in [0.25, 0.3) is 0 Å². The Morgan fingerprint density at radius 1 is 0.968 bits per heavy atom. The molecule has 0 bridgehead atoms. The van der Waals surface area contributed by atoms with Gasteiger partial charge in [0.1, 0.15) is 23.2 Å². The Bertz CT molecular complexity index is 1170. The highest BCUT2D eigenvalue weighted by atomic mass is 16.7. The first-order valence-corrected chi connectivity index (χ1v) is 9.62. The van der Waals surface area contributed by atoms with Crippen molar-refractivity contribution >= 4 is 17.9 Å². The molecule has 0 aliphatic carbocycles. The molecule has 4 rings (SSSR count). The number of furan rings is 2. The van der Waals surface area contributed by atoms with Crippen molar-refractivity contribution < 1.29 is 23.3 Å². The molecule has 1 aliphatic rings. The molecule has 2 aromatic heterocycles. The van der Waals surface area contributed by atoms with Crippen molar-refractivity contribution in [2.45, 2.75) is 19.1 Å². The Hall–Kier alpha value is -4.13. The molecular weight excluding hydrogens is 398 g/mol. The summed E-state index contributed by atoms with van der Waals surface area (Å²) in [5.41, 5.74) is 1.71. The van der Waals surface area contributed by atoms with Crippen LogP contribution in [0.15, 0.2) is 93.4 Å². The maximum atomic E-state index is 13.2. The standard InChI is InChI=1S/C24H19NO6/c1-16-6-2-3-9-19(16)22-23(20(26)12-10-17-7-4-14-29-17)21(31-24(22)25(27)28)13-11-18-8-5-15-30-18/h2-15,22,24H,1H3/b12-10+,13-11+. The normalized spacial score (nSPS) is 18.7. The molecule has 7 heteroatoms. The highest BCUT2D eigenvalue weighted by Gasteiger charge is 2.47. The number of aryl methyl sites for hydroxylation is 1. The number of benzene rings is 1. The van der Waals surface area contributed by atoms with Crippen molar-refractivity contribution in [3.8, 4) is 0 Å². The van der Waals surface area contributed by atoms with Gasteiger partial charge in [-0.2, -0.15) is 0 Å². The predicted molar refractivity (Wildman–Crippen MR) is 113 cm³/mol. The largest absolute Gasteiger partial charge is 0.465 e. The van der Waals surface area contributed by atoms with Crippen molar-refractivity contribution in [2.24, 2.45) is 0 Å². The number of carbonyl (C=O) groups excluding carboxylic acids is 1. The van der Waals surface area contributed by atoms with Crippen LogP contribution in [0.5, 0.6) is 0 Å². The summed E-state index contributed by atoms with van der Waals surface area (Å²) in [6.07, 6.45) is 7.59. The zero-order valence-electron chi connectivity index (χ0n) is 16.6. The van der Waals surface area contributed by atoms with Gasteiger partial charge < -0.3 is 13.6 Å². The Morgan fingerprint density at radius 2 is 1.65 bits per heavy atom. The minimum Gasteiger partial charge on any atom is -0.465 e. The van der Waals surface area contributed by atoms with Crippen LogP contribution in [0.1, 0.15) is 28.6 Å². The average Bonchev–Trinajstić information content (AvgIpc) is 3.51. The summed E-state index contributed by atoms with van der Waals surface area (Å²) in [5.74, 6) is -0.0837. The molecule has 0 fully saturated rings. The summed E-state index contributed by atoms with van der Waals surface area (Å²) >= 11 is 0. The van der Waals surface area contributed by atoms with Gasteiger partial charge in [-0.15, -0.1) is 0 Å². The lowest BCUT2D eigenvalue weighted by Crippen LogP contribution is -2.28. The summed E-state index contributed by atoms with van der Waals surface area (Å²) < 4.78 is 16.2. The van der Waals surface area contributed by atoms with E-state index in [2.05, 4.69) is 0 Å². The fourth-order valence-electron chi connectivity index (χ4n) is 3.55. The molecule has 1 aromatic carbocycles. The summed E-state index contributed by atoms with van der Waals surface area (Å²) in [6, 6.07) is 14.1. The van der Waals surface area contributed by atoms with E-state index in [1.165, 1.54) is 30.8 Å². The van der Waals surface area contributed by atoms with Crippen LogP contribution in [0.25, 0.3) is 12.2 Å². The molecule has 0 radical (unpaired) electrons. The van der Waals surface area contributed by atoms with Crippen molar-refractivity contribution in [1.29, 1.82) is 0 Å². The molecule has 0 N–H and O–H groups in total. The lowest BCUT2D eigenvalue weighted by Gasteiger charge is -2.16. The van der Waals surface area contributed by atoms with Gasteiger partial charge in [-0.05, 0) is 66.6 Å². The minimum atomic E-state index is -1.42. The molecule has 3 aromatic rings. The SMILES string of the molecule is Cc1ccccc1C1C(C(=O)/C=C/c2ccco2)=C(/C=C/c2ccco2)OC1[N+](=O)[O-]. The number of ketones is 1. The van der Waals surface area contributed by atoms with E-state index >= 15 is 0 Å². The lowest BCUT2D eigenvalue weighted by molar-refractivity contribution is -0.570. The Balaban J connectivity index is 1.81. The zero-order chi connectivity index (χ0) is 21.8. The highest BCUT2D eigenvalue weighted by molar-refractivity contribution is 6.08. The fourth-order valence-corrected chi connectivity index (χ4v) is 3.55. The topological polar surface area (TPSA) is 95.7 Å². The maximum absolute atomic E-state index is 13.2. The number of nitro groups is 1. The zero-order valence-corrected chi connectivity index (χ0v) is 16.6. The predicted octanol–water partition coefficient (Wildman–Crippen LogP) is 5.15. The van der Waals surface area contributed by atoms with E-state index in [-0.39, 0.29) is 11.3 Å². The highest BCUT2D eigenvalue weighted by Crippen LogP contribution is 2.42. The van der Waals surface area contributed by atoms with Gasteiger partial charge in [0.2, 0.25) is 0 Å². The molecule has 31 heavy (non-hydrogen) atoms. The summed E-state index contributed by atoms with van der Waals surface area (Å²) in [6.45, 7) is 1.85. The Kier molecular flexibility index (Phi) is 5.66. The van der Waals surface area contributed by atoms with Crippen molar-refractivity contribution in [3.05, 3.63) is 117 Å². The van der Waals surface area contributed by atoms with Crippen molar-refractivity contribution in [2.75, 3.05) is 0 Å². The number of ether oxygens (including phenoxy) is 1. The Morgan fingerprint density at radius 3 is 2.26 bits per heavy atom. The van der Waals surface area contributed by atoms with Crippen LogP contribution in [0.3, 0.4) is 0 Å². The van der Waals surface area contributed by atoms with Gasteiger partial charge in [-0.1, -0.05) is 24.3 Å². The van der Waals surface area contributed by atoms with E-state index in [1.54, 1.807) is 42.5 Å². The number of nitrogens with zero attached hydrogens (tertiary/aromatic N) is 1. The van der Waals surface area contributed by atoms with Gasteiger partial charge in [0.15, 0.2) is 5.78 Å². The smallest absolute Gasteiger partial charge is 0.365 e. The number of rotatable bonds is 7. The third-order valence-electron chi connectivity index (χ3n) is 4.99. The number of hydrogen-bond donors (Lipinski definition) is 0. The molecule has 2 atom stereocenters. The quantitative estimate of drug-likeness (QED) is 0.300. The van der Waals surface area contributed by atoms with Gasteiger partial charge in [0, 0.05) is 0 Å². The molecule has 0 spiro atoms. The van der Waals surface area contributed by atoms with Crippen LogP contribution >= 0.6 is 0 Å². The number of carbonyl (C=O) groups is 1. The summed E-state index contributed by atoms with van der Waals surface area (Å²) in [5, 5.41) is 11.9. The molecule has 0 saturated heterocycles. The third-order valence-corrected chi connectivity index (χ3v) is 4.99. The van der Waals surface area contributed by atoms with E-state index in [9.17, 15) is 14.9 Å². The second-order valence-corrected chi connectivity index (χ2v) is 6.97. The van der Waals surface area contributed by atoms with Crippen molar-refractivity contribution in [3.63, 3.8) is 0 Å². The van der Waals surface area contributed by atoms with Gasteiger partial charge in [-0.25, -0.2) is 0 Å². The number of allylic oxidation sites excluding steroid dienone is 2. The van der Waals surface area contributed by atoms with Gasteiger partial charge in [0.05, 0.1) is 23.0 Å². The second kappa shape index (κ2) is 8.71. The van der Waals surface area contributed by atoms with E-state index in [0.29, 0.717) is 17.1 Å². The van der Waals surface area contributed by atoms with Crippen molar-refractivity contribution in [1.82, 2.24) is 0 Å². The van der Waals surface area contributed by atoms with Crippen LogP contribution in [0.2, 0.25) is 0 Å². The maximum Gasteiger partial charge on any atom is 0.365 e. The third kappa shape index (κ3) is 4.25. The van der Waals surface area contributed by atoms with Gasteiger partial charge >= 0.3 is 6.23 Å². The first kappa shape index (κ1) is 20.2. The van der Waals surface area contributed by atoms with E-state index < -0.39 is 22.9 Å². The molecule has 0 amide bonds. The molecular formula is C24H19NO6. The Labute approximate surface area is 178 Å². The van der Waals surface area contributed by atoms with Crippen LogP contribution in [-0.2, 0) is 9.53 Å². The molecule has 156 valence electrons. The second-order valence-electron chi connectivity index (χ2n) is 6.97. The first-order chi connectivity index (χ1) is 15.0. The fraction of sp³-hybridized carbons (Fsp3) is 0.125. The summed E-state index contributed by atoms with van der Waals surface area (Å²) in [7, 11) is 0. The summed E-state index contributed by atoms with van der Waals surface area (Å²) in [4.78, 5) is 24.6. The van der Waals surface area contributed by atoms with E-state index in [1.807, 2.05) is 19.1 Å². The van der Waals surface area contributed by atoms with Crippen LogP contribution < -0.4 is 0 Å². The molecule has 7 nitrogen and oxygen atoms in total. The molecule has 3 heterocycles. The van der Waals surface area contributed by atoms with Gasteiger partial charge in [-0.3, -0.25) is 14.9 Å².